The summed E-state index contributed by atoms with van der Waals surface area (Å²) in [6.45, 7) is 5.20. The van der Waals surface area contributed by atoms with E-state index in [9.17, 15) is 10.2 Å². The molecule has 0 fully saturated rings. The van der Waals surface area contributed by atoms with Crippen molar-refractivity contribution in [3.63, 3.8) is 0 Å². The molecule has 1 aromatic rings. The van der Waals surface area contributed by atoms with E-state index in [0.717, 1.165) is 57.3 Å². The maximum Gasteiger partial charge on any atom is 0.119 e. The van der Waals surface area contributed by atoms with Crippen molar-refractivity contribution in [1.82, 2.24) is 0 Å². The fraction of sp³-hybridized carbons (Fsp3) is 0.684. The van der Waals surface area contributed by atoms with Crippen LogP contribution in [0.3, 0.4) is 0 Å². The summed E-state index contributed by atoms with van der Waals surface area (Å²) < 4.78 is 11.0. The molecule has 0 radical (unpaired) electrons. The van der Waals surface area contributed by atoms with Crippen LogP contribution in [0.25, 0.3) is 0 Å². The summed E-state index contributed by atoms with van der Waals surface area (Å²) in [5.41, 5.74) is 0.821. The highest BCUT2D eigenvalue weighted by Gasteiger charge is 2.02. The van der Waals surface area contributed by atoms with Gasteiger partial charge in [0.15, 0.2) is 0 Å². The van der Waals surface area contributed by atoms with Gasteiger partial charge in [0.05, 0.1) is 13.2 Å². The van der Waals surface area contributed by atoms with Crippen LogP contribution in [-0.4, -0.2) is 36.6 Å². The first-order chi connectivity index (χ1) is 11.2. The number of aromatic hydroxyl groups is 2. The summed E-state index contributed by atoms with van der Waals surface area (Å²) in [4.78, 5) is 0. The third-order valence-corrected chi connectivity index (χ3v) is 3.81. The van der Waals surface area contributed by atoms with Gasteiger partial charge in [-0.1, -0.05) is 32.6 Å². The zero-order chi connectivity index (χ0) is 16.8. The largest absolute Gasteiger partial charge is 0.508 e. The topological polar surface area (TPSA) is 58.9 Å². The van der Waals surface area contributed by atoms with Gasteiger partial charge in [-0.15, -0.1) is 0 Å². The first kappa shape index (κ1) is 19.8. The van der Waals surface area contributed by atoms with Gasteiger partial charge in [-0.3, -0.25) is 0 Å². The zero-order valence-electron chi connectivity index (χ0n) is 14.4. The predicted octanol–water partition coefficient (Wildman–Crippen LogP) is 4.42. The third kappa shape index (κ3) is 10.2. The number of hydrogen-bond donors (Lipinski definition) is 2. The Morgan fingerprint density at radius 3 is 2.13 bits per heavy atom. The maximum atomic E-state index is 9.68. The molecule has 0 aliphatic rings. The molecule has 1 rings (SSSR count). The number of rotatable bonds is 14. The highest BCUT2D eigenvalue weighted by Crippen LogP contribution is 2.23. The van der Waals surface area contributed by atoms with Crippen LogP contribution in [0.2, 0.25) is 0 Å². The summed E-state index contributed by atoms with van der Waals surface area (Å²) >= 11 is 0. The lowest BCUT2D eigenvalue weighted by Crippen LogP contribution is -2.06. The van der Waals surface area contributed by atoms with Crippen LogP contribution in [0.4, 0.5) is 0 Å². The molecule has 2 N–H and O–H groups in total. The Morgan fingerprint density at radius 1 is 0.783 bits per heavy atom. The van der Waals surface area contributed by atoms with E-state index < -0.39 is 0 Å². The van der Waals surface area contributed by atoms with Gasteiger partial charge < -0.3 is 19.7 Å². The molecule has 0 heterocycles. The van der Waals surface area contributed by atoms with Crippen LogP contribution >= 0.6 is 0 Å². The lowest BCUT2D eigenvalue weighted by molar-refractivity contribution is 0.0449. The van der Waals surface area contributed by atoms with Crippen molar-refractivity contribution in [1.29, 1.82) is 0 Å². The minimum atomic E-state index is 0.211. The summed E-state index contributed by atoms with van der Waals surface area (Å²) in [6, 6.07) is 4.69. The Morgan fingerprint density at radius 2 is 1.43 bits per heavy atom. The molecule has 0 bridgehead atoms. The van der Waals surface area contributed by atoms with Gasteiger partial charge in [-0.2, -0.15) is 0 Å². The number of aryl methyl sites for hydroxylation is 1. The third-order valence-electron chi connectivity index (χ3n) is 3.81. The van der Waals surface area contributed by atoms with Gasteiger partial charge >= 0.3 is 0 Å². The van der Waals surface area contributed by atoms with Crippen molar-refractivity contribution in [2.24, 2.45) is 0 Å². The molecule has 4 heteroatoms. The van der Waals surface area contributed by atoms with Crippen molar-refractivity contribution in [2.45, 2.75) is 58.3 Å². The van der Waals surface area contributed by atoms with Crippen LogP contribution in [0.15, 0.2) is 18.2 Å². The van der Waals surface area contributed by atoms with E-state index in [1.165, 1.54) is 18.9 Å². The molecule has 0 saturated heterocycles. The fourth-order valence-corrected chi connectivity index (χ4v) is 2.42. The fourth-order valence-electron chi connectivity index (χ4n) is 2.42. The minimum absolute atomic E-state index is 0.211. The number of hydrogen-bond acceptors (Lipinski definition) is 4. The van der Waals surface area contributed by atoms with E-state index in [0.29, 0.717) is 13.2 Å². The van der Waals surface area contributed by atoms with E-state index in [-0.39, 0.29) is 11.5 Å². The van der Waals surface area contributed by atoms with Crippen LogP contribution in [0.5, 0.6) is 11.5 Å². The van der Waals surface area contributed by atoms with E-state index in [1.807, 2.05) is 0 Å². The van der Waals surface area contributed by atoms with Crippen LogP contribution < -0.4 is 0 Å². The summed E-state index contributed by atoms with van der Waals surface area (Å²) in [5.74, 6) is 0.480. The molecule has 1 aromatic carbocycles. The second kappa shape index (κ2) is 13.2. The SMILES string of the molecule is CCCCCOCCOCCCCCCc1cc(O)ccc1O. The molecule has 0 aromatic heterocycles. The average molecular weight is 324 g/mol. The highest BCUT2D eigenvalue weighted by atomic mass is 16.5. The maximum absolute atomic E-state index is 9.68. The highest BCUT2D eigenvalue weighted by molar-refractivity contribution is 5.38. The number of benzene rings is 1. The molecule has 0 unspecified atom stereocenters. The van der Waals surface area contributed by atoms with Gasteiger partial charge in [0, 0.05) is 13.2 Å². The Labute approximate surface area is 140 Å². The van der Waals surface area contributed by atoms with Gasteiger partial charge in [0.25, 0.3) is 0 Å². The van der Waals surface area contributed by atoms with Crippen molar-refractivity contribution >= 4 is 0 Å². The first-order valence-electron chi connectivity index (χ1n) is 8.90. The van der Waals surface area contributed by atoms with Crippen molar-refractivity contribution in [3.05, 3.63) is 23.8 Å². The molecule has 23 heavy (non-hydrogen) atoms. The molecule has 132 valence electrons. The predicted molar refractivity (Wildman–Crippen MR) is 93.1 cm³/mol. The van der Waals surface area contributed by atoms with Crippen molar-refractivity contribution in [2.75, 3.05) is 26.4 Å². The van der Waals surface area contributed by atoms with Gasteiger partial charge in [0.2, 0.25) is 0 Å². The molecule has 0 atom stereocenters. The van der Waals surface area contributed by atoms with Gasteiger partial charge in [-0.05, 0) is 49.4 Å². The standard InChI is InChI=1S/C19H32O4/c1-2-3-7-12-22-14-15-23-13-8-5-4-6-9-17-16-18(20)10-11-19(17)21/h10-11,16,20-21H,2-9,12-15H2,1H3. The average Bonchev–Trinajstić information content (AvgIpc) is 2.55. The van der Waals surface area contributed by atoms with E-state index in [1.54, 1.807) is 12.1 Å². The molecule has 0 saturated carbocycles. The smallest absolute Gasteiger partial charge is 0.119 e. The molecule has 0 amide bonds. The Balaban J connectivity index is 1.87. The van der Waals surface area contributed by atoms with Crippen LogP contribution in [0, 0.1) is 0 Å². The molecule has 4 nitrogen and oxygen atoms in total. The first-order valence-corrected chi connectivity index (χ1v) is 8.90. The van der Waals surface area contributed by atoms with E-state index >= 15 is 0 Å². The minimum Gasteiger partial charge on any atom is -0.508 e. The summed E-state index contributed by atoms with van der Waals surface area (Å²) in [6.07, 6.45) is 8.70. The lowest BCUT2D eigenvalue weighted by atomic mass is 10.1. The molecule has 0 aliphatic heterocycles. The number of ether oxygens (including phenoxy) is 2. The summed E-state index contributed by atoms with van der Waals surface area (Å²) in [7, 11) is 0. The van der Waals surface area contributed by atoms with Crippen LogP contribution in [0.1, 0.15) is 57.4 Å². The second-order valence-electron chi connectivity index (χ2n) is 5.91. The quantitative estimate of drug-likeness (QED) is 0.393. The van der Waals surface area contributed by atoms with E-state index in [4.69, 9.17) is 9.47 Å². The van der Waals surface area contributed by atoms with E-state index in [2.05, 4.69) is 6.92 Å². The lowest BCUT2D eigenvalue weighted by Gasteiger charge is -2.07. The molecule has 0 aliphatic carbocycles. The van der Waals surface area contributed by atoms with Crippen molar-refractivity contribution < 1.29 is 19.7 Å². The van der Waals surface area contributed by atoms with Crippen molar-refractivity contribution in [3.8, 4) is 11.5 Å². The Kier molecular flexibility index (Phi) is 11.4. The Bertz CT molecular complexity index is 406. The van der Waals surface area contributed by atoms with Crippen LogP contribution in [-0.2, 0) is 15.9 Å². The molecular formula is C19H32O4. The number of phenolic OH excluding ortho intramolecular Hbond substituents is 2. The molecular weight excluding hydrogens is 292 g/mol. The van der Waals surface area contributed by atoms with Gasteiger partial charge in [-0.25, -0.2) is 0 Å². The number of unbranched alkanes of at least 4 members (excludes halogenated alkanes) is 5. The molecule has 0 spiro atoms. The monoisotopic (exact) mass is 324 g/mol. The normalized spacial score (nSPS) is 11.0. The number of phenols is 2. The van der Waals surface area contributed by atoms with Gasteiger partial charge in [0.1, 0.15) is 11.5 Å². The summed E-state index contributed by atoms with van der Waals surface area (Å²) in [5, 5.41) is 19.1. The zero-order valence-corrected chi connectivity index (χ0v) is 14.4. The Hall–Kier alpha value is -1.26. The second-order valence-corrected chi connectivity index (χ2v) is 5.91.